The quantitative estimate of drug-likeness (QED) is 0.310. The molecule has 1 aliphatic heterocycles. The number of benzene rings is 3. The Balaban J connectivity index is 1.17. The minimum absolute atomic E-state index is 0.130. The monoisotopic (exact) mass is 520 g/mol. The standard InChI is InChI=1S/C33H32N2O4/c1-22-7-9-25(10-8-22)31-29-19-27(14-13-24(29)17-18-35(31)33(37)26-11-12-26)38-21-28-15-16-30(39-28)32(36)34-20-23-5-3-2-4-6-23/h2-10,13-16,19,26,31H,11-12,17-18,20-21H2,1H3,(H,34,36). The van der Waals surface area contributed by atoms with E-state index in [0.717, 1.165) is 42.5 Å². The van der Waals surface area contributed by atoms with Crippen molar-refractivity contribution in [2.45, 2.75) is 45.4 Å². The predicted octanol–water partition coefficient (Wildman–Crippen LogP) is 5.98. The summed E-state index contributed by atoms with van der Waals surface area (Å²) in [6, 6.07) is 27.7. The molecule has 2 heterocycles. The molecule has 1 N–H and O–H groups in total. The van der Waals surface area contributed by atoms with Crippen LogP contribution in [0.3, 0.4) is 0 Å². The van der Waals surface area contributed by atoms with Crippen molar-refractivity contribution in [2.24, 2.45) is 5.92 Å². The van der Waals surface area contributed by atoms with Crippen LogP contribution in [-0.4, -0.2) is 23.3 Å². The molecular weight excluding hydrogens is 488 g/mol. The molecule has 3 aromatic carbocycles. The molecule has 1 atom stereocenters. The van der Waals surface area contributed by atoms with E-state index in [1.165, 1.54) is 11.1 Å². The van der Waals surface area contributed by atoms with Crippen molar-refractivity contribution in [3.63, 3.8) is 0 Å². The first-order chi connectivity index (χ1) is 19.0. The van der Waals surface area contributed by atoms with Gasteiger partial charge in [0.2, 0.25) is 5.91 Å². The van der Waals surface area contributed by atoms with E-state index in [2.05, 4.69) is 53.5 Å². The molecule has 0 spiro atoms. The maximum atomic E-state index is 13.3. The molecule has 1 aliphatic carbocycles. The maximum absolute atomic E-state index is 13.3. The van der Waals surface area contributed by atoms with Crippen molar-refractivity contribution in [3.05, 3.63) is 124 Å². The molecule has 1 unspecified atom stereocenters. The average Bonchev–Trinajstić information content (AvgIpc) is 3.72. The lowest BCUT2D eigenvalue weighted by Crippen LogP contribution is -2.41. The summed E-state index contributed by atoms with van der Waals surface area (Å²) in [5.41, 5.74) is 5.68. The van der Waals surface area contributed by atoms with Gasteiger partial charge in [0.05, 0.1) is 6.04 Å². The Morgan fingerprint density at radius 3 is 2.54 bits per heavy atom. The van der Waals surface area contributed by atoms with Crippen LogP contribution in [0.1, 0.15) is 63.0 Å². The van der Waals surface area contributed by atoms with Crippen LogP contribution >= 0.6 is 0 Å². The molecule has 1 aromatic heterocycles. The first-order valence-corrected chi connectivity index (χ1v) is 13.6. The van der Waals surface area contributed by atoms with Crippen LogP contribution in [0, 0.1) is 12.8 Å². The van der Waals surface area contributed by atoms with Gasteiger partial charge in [0.1, 0.15) is 18.1 Å². The smallest absolute Gasteiger partial charge is 0.287 e. The normalized spacial score (nSPS) is 16.4. The number of hydrogen-bond donors (Lipinski definition) is 1. The van der Waals surface area contributed by atoms with E-state index >= 15 is 0 Å². The minimum atomic E-state index is -0.264. The third-order valence-corrected chi connectivity index (χ3v) is 7.51. The molecule has 1 saturated carbocycles. The number of nitrogens with one attached hydrogen (secondary N) is 1. The van der Waals surface area contributed by atoms with Gasteiger partial charge in [-0.3, -0.25) is 9.59 Å². The van der Waals surface area contributed by atoms with E-state index in [1.807, 2.05) is 36.4 Å². The van der Waals surface area contributed by atoms with Gasteiger partial charge in [0.25, 0.3) is 5.91 Å². The predicted molar refractivity (Wildman–Crippen MR) is 148 cm³/mol. The van der Waals surface area contributed by atoms with Gasteiger partial charge in [-0.1, -0.05) is 66.2 Å². The van der Waals surface area contributed by atoms with Gasteiger partial charge in [-0.05, 0) is 72.7 Å². The zero-order valence-corrected chi connectivity index (χ0v) is 22.1. The molecule has 2 amide bonds. The summed E-state index contributed by atoms with van der Waals surface area (Å²) in [4.78, 5) is 27.8. The van der Waals surface area contributed by atoms with Crippen molar-refractivity contribution in [1.82, 2.24) is 10.2 Å². The molecule has 2 aliphatic rings. The van der Waals surface area contributed by atoms with E-state index in [9.17, 15) is 9.59 Å². The minimum Gasteiger partial charge on any atom is -0.486 e. The fourth-order valence-corrected chi connectivity index (χ4v) is 5.19. The van der Waals surface area contributed by atoms with Crippen molar-refractivity contribution < 1.29 is 18.7 Å². The number of carbonyl (C=O) groups excluding carboxylic acids is 2. The van der Waals surface area contributed by atoms with Crippen LogP contribution in [-0.2, 0) is 24.4 Å². The van der Waals surface area contributed by atoms with Crippen molar-refractivity contribution in [3.8, 4) is 5.75 Å². The third kappa shape index (κ3) is 5.60. The fourth-order valence-electron chi connectivity index (χ4n) is 5.19. The highest BCUT2D eigenvalue weighted by Crippen LogP contribution is 2.41. The van der Waals surface area contributed by atoms with Crippen LogP contribution in [0.4, 0.5) is 0 Å². The molecule has 0 saturated heterocycles. The number of aryl methyl sites for hydroxylation is 1. The second-order valence-corrected chi connectivity index (χ2v) is 10.5. The zero-order valence-electron chi connectivity index (χ0n) is 22.1. The second kappa shape index (κ2) is 10.8. The lowest BCUT2D eigenvalue weighted by Gasteiger charge is -2.38. The number of carbonyl (C=O) groups is 2. The highest BCUT2D eigenvalue weighted by atomic mass is 16.5. The molecule has 6 heteroatoms. The highest BCUT2D eigenvalue weighted by Gasteiger charge is 2.39. The molecular formula is C33H32N2O4. The summed E-state index contributed by atoms with van der Waals surface area (Å²) < 4.78 is 11.9. The summed E-state index contributed by atoms with van der Waals surface area (Å²) in [5.74, 6) is 1.68. The lowest BCUT2D eigenvalue weighted by molar-refractivity contribution is -0.134. The molecule has 198 valence electrons. The summed E-state index contributed by atoms with van der Waals surface area (Å²) in [5, 5.41) is 2.88. The third-order valence-electron chi connectivity index (χ3n) is 7.51. The number of rotatable bonds is 8. The summed E-state index contributed by atoms with van der Waals surface area (Å²) >= 11 is 0. The molecule has 6 nitrogen and oxygen atoms in total. The number of nitrogens with zero attached hydrogens (tertiary/aromatic N) is 1. The van der Waals surface area contributed by atoms with E-state index in [0.29, 0.717) is 18.1 Å². The van der Waals surface area contributed by atoms with Gasteiger partial charge in [-0.2, -0.15) is 0 Å². The molecule has 39 heavy (non-hydrogen) atoms. The van der Waals surface area contributed by atoms with Crippen LogP contribution in [0.25, 0.3) is 0 Å². The van der Waals surface area contributed by atoms with E-state index < -0.39 is 0 Å². The Morgan fingerprint density at radius 1 is 0.974 bits per heavy atom. The summed E-state index contributed by atoms with van der Waals surface area (Å²) in [6.07, 6.45) is 2.80. The van der Waals surface area contributed by atoms with Crippen LogP contribution < -0.4 is 10.1 Å². The Bertz CT molecular complexity index is 1470. The molecule has 0 bridgehead atoms. The SMILES string of the molecule is Cc1ccc(C2c3cc(OCc4ccc(C(=O)NCc5ccccc5)o4)ccc3CCN2C(=O)C2CC2)cc1. The van der Waals surface area contributed by atoms with Gasteiger partial charge < -0.3 is 19.4 Å². The summed E-state index contributed by atoms with van der Waals surface area (Å²) in [7, 11) is 0. The maximum Gasteiger partial charge on any atom is 0.287 e. The zero-order chi connectivity index (χ0) is 26.8. The number of hydrogen-bond acceptors (Lipinski definition) is 4. The average molecular weight is 521 g/mol. The largest absolute Gasteiger partial charge is 0.486 e. The van der Waals surface area contributed by atoms with Crippen molar-refractivity contribution >= 4 is 11.8 Å². The number of fused-ring (bicyclic) bond motifs is 1. The molecule has 0 radical (unpaired) electrons. The van der Waals surface area contributed by atoms with Crippen LogP contribution in [0.5, 0.6) is 5.75 Å². The lowest BCUT2D eigenvalue weighted by atomic mass is 9.87. The first kappa shape index (κ1) is 25.0. The van der Waals surface area contributed by atoms with E-state index in [-0.39, 0.29) is 36.1 Å². The first-order valence-electron chi connectivity index (χ1n) is 13.6. The molecule has 1 fully saturated rings. The van der Waals surface area contributed by atoms with Gasteiger partial charge in [0, 0.05) is 19.0 Å². The van der Waals surface area contributed by atoms with E-state index in [1.54, 1.807) is 12.1 Å². The molecule has 6 rings (SSSR count). The van der Waals surface area contributed by atoms with Crippen molar-refractivity contribution in [1.29, 1.82) is 0 Å². The van der Waals surface area contributed by atoms with Crippen LogP contribution in [0.15, 0.2) is 89.3 Å². The van der Waals surface area contributed by atoms with Gasteiger partial charge in [-0.15, -0.1) is 0 Å². The topological polar surface area (TPSA) is 71.8 Å². The Kier molecular flexibility index (Phi) is 6.93. The molecule has 4 aromatic rings. The van der Waals surface area contributed by atoms with Crippen LogP contribution in [0.2, 0.25) is 0 Å². The number of furan rings is 1. The number of ether oxygens (including phenoxy) is 1. The van der Waals surface area contributed by atoms with Gasteiger partial charge in [-0.25, -0.2) is 0 Å². The fraction of sp³-hybridized carbons (Fsp3) is 0.273. The Morgan fingerprint density at radius 2 is 1.77 bits per heavy atom. The Labute approximate surface area is 228 Å². The highest BCUT2D eigenvalue weighted by molar-refractivity contribution is 5.91. The summed E-state index contributed by atoms with van der Waals surface area (Å²) in [6.45, 7) is 3.43. The Hall–Kier alpha value is -4.32. The second-order valence-electron chi connectivity index (χ2n) is 10.5. The number of amides is 2. The van der Waals surface area contributed by atoms with Gasteiger partial charge in [0.15, 0.2) is 5.76 Å². The van der Waals surface area contributed by atoms with Gasteiger partial charge >= 0.3 is 0 Å². The van der Waals surface area contributed by atoms with Crippen molar-refractivity contribution in [2.75, 3.05) is 6.54 Å². The van der Waals surface area contributed by atoms with E-state index in [4.69, 9.17) is 9.15 Å².